The first-order chi connectivity index (χ1) is 32.5. The van der Waals surface area contributed by atoms with E-state index in [1.165, 1.54) is 116 Å². The minimum absolute atomic E-state index is 1.16. The number of rotatable bonds is 9. The van der Waals surface area contributed by atoms with Crippen molar-refractivity contribution in [1.29, 1.82) is 0 Å². The molecule has 0 aliphatic carbocycles. The van der Waals surface area contributed by atoms with Gasteiger partial charge >= 0.3 is 0 Å². The van der Waals surface area contributed by atoms with Crippen LogP contribution < -0.4 is 0 Å². The van der Waals surface area contributed by atoms with E-state index in [1.54, 1.807) is 0 Å². The first kappa shape index (κ1) is 40.5. The molecule has 0 aromatic heterocycles. The fraction of sp³-hybridized carbons (Fsp3) is 0.0303. The van der Waals surface area contributed by atoms with Crippen LogP contribution in [0.5, 0.6) is 0 Å². The molecule has 312 valence electrons. The topological polar surface area (TPSA) is 0 Å². The summed E-state index contributed by atoms with van der Waals surface area (Å²) in [7, 11) is 0. The SMILES string of the molecule is Cc1ccc(-c2ccc(-c3cc(-c4ccc(-c5ccc(C)cc5)cc4)cc(-c4c5ccccc5c(-c5ccc(C=C(c6ccccc6)c6ccccc6)cc5)c5ccccc45)c3)cc2)cc1. The standard InChI is InChI=1S/C66H48/c1-45-21-27-48(28-22-45)50-33-37-52(38-34-50)57-42-58(53-39-35-51(36-40-53)49-29-23-46(2)24-30-49)44-59(43-57)66-62-19-11-9-17-60(62)65(61-18-10-12-20-63(61)66)56-31-25-47(26-32-56)41-64(54-13-5-3-6-14-54)55-15-7-4-8-16-55/h3-44H,1-2H3. The fourth-order valence-corrected chi connectivity index (χ4v) is 9.54. The molecule has 0 bridgehead atoms. The van der Waals surface area contributed by atoms with Crippen LogP contribution >= 0.6 is 0 Å². The molecule has 0 nitrogen and oxygen atoms in total. The maximum atomic E-state index is 2.40. The molecular weight excluding hydrogens is 793 g/mol. The van der Waals surface area contributed by atoms with Crippen molar-refractivity contribution in [2.24, 2.45) is 0 Å². The first-order valence-electron chi connectivity index (χ1n) is 22.9. The second-order valence-electron chi connectivity index (χ2n) is 17.4. The number of hydrogen-bond donors (Lipinski definition) is 0. The maximum absolute atomic E-state index is 2.40. The Bertz CT molecular complexity index is 3300. The van der Waals surface area contributed by atoms with Gasteiger partial charge in [-0.1, -0.05) is 242 Å². The summed E-state index contributed by atoms with van der Waals surface area (Å²) in [4.78, 5) is 0. The van der Waals surface area contributed by atoms with Gasteiger partial charge in [0.25, 0.3) is 0 Å². The van der Waals surface area contributed by atoms with E-state index in [1.807, 2.05) is 0 Å². The second-order valence-corrected chi connectivity index (χ2v) is 17.4. The second kappa shape index (κ2) is 17.7. The van der Waals surface area contributed by atoms with Crippen molar-refractivity contribution in [3.63, 3.8) is 0 Å². The van der Waals surface area contributed by atoms with E-state index in [0.717, 1.165) is 5.56 Å². The summed E-state index contributed by atoms with van der Waals surface area (Å²) in [6.45, 7) is 4.27. The lowest BCUT2D eigenvalue weighted by Gasteiger charge is -2.19. The highest BCUT2D eigenvalue weighted by atomic mass is 14.2. The molecule has 0 unspecified atom stereocenters. The highest BCUT2D eigenvalue weighted by Gasteiger charge is 2.19. The molecule has 0 amide bonds. The van der Waals surface area contributed by atoms with Crippen LogP contribution in [0.2, 0.25) is 0 Å². The molecule has 0 fully saturated rings. The molecule has 0 saturated heterocycles. The molecule has 0 radical (unpaired) electrons. The molecule has 11 aromatic carbocycles. The number of fused-ring (bicyclic) bond motifs is 2. The molecule has 11 rings (SSSR count). The molecule has 0 heteroatoms. The number of aryl methyl sites for hydroxylation is 2. The quantitative estimate of drug-likeness (QED) is 0.100. The number of benzene rings is 11. The monoisotopic (exact) mass is 840 g/mol. The van der Waals surface area contributed by atoms with Gasteiger partial charge in [0.15, 0.2) is 0 Å². The van der Waals surface area contributed by atoms with Crippen LogP contribution in [-0.2, 0) is 0 Å². The lowest BCUT2D eigenvalue weighted by Crippen LogP contribution is -1.93. The minimum Gasteiger partial charge on any atom is -0.0622 e. The first-order valence-corrected chi connectivity index (χ1v) is 22.9. The molecule has 0 N–H and O–H groups in total. The van der Waals surface area contributed by atoms with Crippen molar-refractivity contribution in [2.75, 3.05) is 0 Å². The highest BCUT2D eigenvalue weighted by Crippen LogP contribution is 2.46. The van der Waals surface area contributed by atoms with Crippen LogP contribution in [0, 0.1) is 13.8 Å². The molecule has 0 spiro atoms. The summed E-state index contributed by atoms with van der Waals surface area (Å²) in [6, 6.07) is 91.3. The Labute approximate surface area is 388 Å². The molecule has 0 heterocycles. The smallest absolute Gasteiger partial charge is 0.00259 e. The molecular formula is C66H48. The Balaban J connectivity index is 1.06. The highest BCUT2D eigenvalue weighted by molar-refractivity contribution is 6.21. The summed E-state index contributed by atoms with van der Waals surface area (Å²) in [5.74, 6) is 0. The van der Waals surface area contributed by atoms with Crippen molar-refractivity contribution >= 4 is 33.2 Å². The van der Waals surface area contributed by atoms with E-state index in [4.69, 9.17) is 0 Å². The van der Waals surface area contributed by atoms with E-state index < -0.39 is 0 Å². The van der Waals surface area contributed by atoms with Crippen molar-refractivity contribution in [3.8, 4) is 66.8 Å². The van der Waals surface area contributed by atoms with Gasteiger partial charge in [-0.15, -0.1) is 0 Å². The normalized spacial score (nSPS) is 11.2. The van der Waals surface area contributed by atoms with Gasteiger partial charge in [0, 0.05) is 0 Å². The van der Waals surface area contributed by atoms with E-state index in [-0.39, 0.29) is 0 Å². The van der Waals surface area contributed by atoms with Gasteiger partial charge in [-0.2, -0.15) is 0 Å². The molecule has 0 atom stereocenters. The Morgan fingerprint density at radius 3 is 0.924 bits per heavy atom. The zero-order chi connectivity index (χ0) is 44.4. The summed E-state index contributed by atoms with van der Waals surface area (Å²) in [5.41, 5.74) is 21.8. The van der Waals surface area contributed by atoms with Crippen LogP contribution in [0.3, 0.4) is 0 Å². The van der Waals surface area contributed by atoms with Crippen LogP contribution in [0.15, 0.2) is 249 Å². The zero-order valence-electron chi connectivity index (χ0n) is 37.2. The Morgan fingerprint density at radius 2 is 0.545 bits per heavy atom. The third-order valence-electron chi connectivity index (χ3n) is 13.0. The molecule has 11 aromatic rings. The van der Waals surface area contributed by atoms with E-state index >= 15 is 0 Å². The Hall–Kier alpha value is -8.32. The summed E-state index contributed by atoms with van der Waals surface area (Å²) < 4.78 is 0. The van der Waals surface area contributed by atoms with Crippen molar-refractivity contribution < 1.29 is 0 Å². The molecule has 66 heavy (non-hydrogen) atoms. The van der Waals surface area contributed by atoms with Gasteiger partial charge in [-0.3, -0.25) is 0 Å². The molecule has 0 aliphatic rings. The third-order valence-corrected chi connectivity index (χ3v) is 13.0. The number of hydrogen-bond acceptors (Lipinski definition) is 0. The molecule has 0 saturated carbocycles. The Morgan fingerprint density at radius 1 is 0.258 bits per heavy atom. The maximum Gasteiger partial charge on any atom is -0.00259 e. The van der Waals surface area contributed by atoms with Crippen molar-refractivity contribution in [1.82, 2.24) is 0 Å². The largest absolute Gasteiger partial charge is 0.0622 e. The van der Waals surface area contributed by atoms with Crippen LogP contribution in [0.25, 0.3) is 100.0 Å². The summed E-state index contributed by atoms with van der Waals surface area (Å²) in [6.07, 6.45) is 2.31. The Kier molecular flexibility index (Phi) is 10.8. The lowest BCUT2D eigenvalue weighted by molar-refractivity contribution is 1.47. The van der Waals surface area contributed by atoms with E-state index in [0.29, 0.717) is 0 Å². The van der Waals surface area contributed by atoms with Crippen LogP contribution in [-0.4, -0.2) is 0 Å². The van der Waals surface area contributed by atoms with Gasteiger partial charge < -0.3 is 0 Å². The predicted molar refractivity (Wildman–Crippen MR) is 283 cm³/mol. The average molecular weight is 841 g/mol. The summed E-state index contributed by atoms with van der Waals surface area (Å²) >= 11 is 0. The van der Waals surface area contributed by atoms with E-state index in [9.17, 15) is 0 Å². The van der Waals surface area contributed by atoms with Crippen LogP contribution in [0.4, 0.5) is 0 Å². The van der Waals surface area contributed by atoms with E-state index in [2.05, 4.69) is 269 Å². The predicted octanol–water partition coefficient (Wildman–Crippen LogP) is 18.2. The van der Waals surface area contributed by atoms with Gasteiger partial charge in [0.05, 0.1) is 0 Å². The third kappa shape index (κ3) is 8.06. The average Bonchev–Trinajstić information content (AvgIpc) is 3.38. The van der Waals surface area contributed by atoms with Gasteiger partial charge in [0.2, 0.25) is 0 Å². The van der Waals surface area contributed by atoms with Crippen LogP contribution in [0.1, 0.15) is 27.8 Å². The lowest BCUT2D eigenvalue weighted by atomic mass is 9.84. The van der Waals surface area contributed by atoms with Gasteiger partial charge in [-0.25, -0.2) is 0 Å². The van der Waals surface area contributed by atoms with Gasteiger partial charge in [-0.05, 0) is 149 Å². The zero-order valence-corrected chi connectivity index (χ0v) is 37.2. The fourth-order valence-electron chi connectivity index (χ4n) is 9.54. The van der Waals surface area contributed by atoms with Crippen molar-refractivity contribution in [2.45, 2.75) is 13.8 Å². The van der Waals surface area contributed by atoms with Crippen molar-refractivity contribution in [3.05, 3.63) is 277 Å². The molecule has 0 aliphatic heterocycles. The minimum atomic E-state index is 1.16. The summed E-state index contributed by atoms with van der Waals surface area (Å²) in [5, 5.41) is 4.94. The van der Waals surface area contributed by atoms with Gasteiger partial charge in [0.1, 0.15) is 0 Å².